The molecule has 0 unspecified atom stereocenters. The predicted octanol–water partition coefficient (Wildman–Crippen LogP) is 1.28. The maximum atomic E-state index is 5.44. The van der Waals surface area contributed by atoms with Gasteiger partial charge in [-0.1, -0.05) is 56.3 Å². The molecule has 1 aliphatic heterocycles. The van der Waals surface area contributed by atoms with Crippen LogP contribution in [0.15, 0.2) is 30.3 Å². The van der Waals surface area contributed by atoms with Crippen molar-refractivity contribution >= 4 is 17.0 Å². The first-order valence-electron chi connectivity index (χ1n) is 10.8. The largest absolute Gasteiger partial charge is 0.370 e. The van der Waals surface area contributed by atoms with Gasteiger partial charge < -0.3 is 15.0 Å². The van der Waals surface area contributed by atoms with Crippen molar-refractivity contribution in [2.75, 3.05) is 44.7 Å². The van der Waals surface area contributed by atoms with Crippen LogP contribution in [0, 0.1) is 0 Å². The second-order valence-electron chi connectivity index (χ2n) is 8.94. The highest BCUT2D eigenvalue weighted by atomic mass is 16.5. The molecule has 1 saturated heterocycles. The van der Waals surface area contributed by atoms with E-state index in [-0.39, 0.29) is 5.41 Å². The van der Waals surface area contributed by atoms with E-state index in [0.717, 1.165) is 68.6 Å². The van der Waals surface area contributed by atoms with Crippen molar-refractivity contribution in [2.45, 2.75) is 39.2 Å². The average Bonchev–Trinajstić information content (AvgIpc) is 3.15. The van der Waals surface area contributed by atoms with Gasteiger partial charge in [-0.05, 0) is 5.56 Å². The fourth-order valence-electron chi connectivity index (χ4n) is 3.63. The van der Waals surface area contributed by atoms with E-state index in [9.17, 15) is 0 Å². The number of anilines is 1. The summed E-state index contributed by atoms with van der Waals surface area (Å²) in [7, 11) is 0. The van der Waals surface area contributed by atoms with Crippen LogP contribution < -0.4 is 10.2 Å². The topological polar surface area (TPSA) is 82.2 Å². The highest BCUT2D eigenvalue weighted by Crippen LogP contribution is 2.25. The van der Waals surface area contributed by atoms with Gasteiger partial charge in [-0.3, -0.25) is 0 Å². The van der Waals surface area contributed by atoms with Crippen molar-refractivity contribution in [2.24, 2.45) is 0 Å². The van der Waals surface area contributed by atoms with E-state index in [2.05, 4.69) is 48.5 Å². The molecule has 1 aromatic carbocycles. The molecule has 4 rings (SSSR count). The second-order valence-corrected chi connectivity index (χ2v) is 8.94. The molecule has 1 fully saturated rings. The number of rotatable bonds is 7. The summed E-state index contributed by atoms with van der Waals surface area (Å²) in [5, 5.41) is 12.3. The number of ether oxygens (including phenoxy) is 1. The minimum Gasteiger partial charge on any atom is -0.370 e. The van der Waals surface area contributed by atoms with Crippen LogP contribution in [-0.4, -0.2) is 64.4 Å². The molecule has 0 spiro atoms. The molecular weight excluding hydrogens is 378 g/mol. The monoisotopic (exact) mass is 410 g/mol. The number of morpholine rings is 1. The van der Waals surface area contributed by atoms with Gasteiger partial charge in [0.05, 0.1) is 26.3 Å². The second kappa shape index (κ2) is 9.06. The van der Waals surface area contributed by atoms with Crippen LogP contribution in [0.5, 0.6) is 0 Å². The fourth-order valence-corrected chi connectivity index (χ4v) is 3.63. The van der Waals surface area contributed by atoms with Gasteiger partial charge in [0.1, 0.15) is 18.9 Å². The van der Waals surface area contributed by atoms with Crippen molar-refractivity contribution in [1.82, 2.24) is 25.0 Å². The molecular formula is C22H32N7O+. The minimum atomic E-state index is -0.162. The first-order valence-corrected chi connectivity index (χ1v) is 10.8. The Morgan fingerprint density at radius 3 is 2.60 bits per heavy atom. The molecule has 160 valence electrons. The average molecular weight is 411 g/mol. The Labute approximate surface area is 177 Å². The first kappa shape index (κ1) is 20.7. The third-order valence-corrected chi connectivity index (χ3v) is 5.41. The summed E-state index contributed by atoms with van der Waals surface area (Å²) in [4.78, 5) is 11.3. The van der Waals surface area contributed by atoms with E-state index in [0.29, 0.717) is 6.54 Å². The van der Waals surface area contributed by atoms with E-state index < -0.39 is 0 Å². The Kier molecular flexibility index (Phi) is 6.24. The van der Waals surface area contributed by atoms with Crippen molar-refractivity contribution in [3.63, 3.8) is 0 Å². The Bertz CT molecular complexity index is 959. The van der Waals surface area contributed by atoms with Gasteiger partial charge in [-0.2, -0.15) is 0 Å². The molecule has 30 heavy (non-hydrogen) atoms. The van der Waals surface area contributed by atoms with E-state index in [4.69, 9.17) is 14.7 Å². The standard InChI is InChI=1S/C22H31N7O/c1-22(2,3)21-24-19(23-10-7-11-28-12-14-30-15-13-28)18-20(25-21)29(27-26-18)16-17-8-5-4-6-9-17/h4-6,8-9H,7,10-16H2,1-3H3,(H,23,24,25)/p+1. The van der Waals surface area contributed by atoms with Crippen LogP contribution in [-0.2, 0) is 16.7 Å². The van der Waals surface area contributed by atoms with Crippen LogP contribution in [0.1, 0.15) is 38.6 Å². The number of hydrogen-bond donors (Lipinski definition) is 2. The third-order valence-electron chi connectivity index (χ3n) is 5.41. The highest BCUT2D eigenvalue weighted by Gasteiger charge is 2.23. The molecule has 2 N–H and O–H groups in total. The lowest BCUT2D eigenvalue weighted by Gasteiger charge is -2.23. The third kappa shape index (κ3) is 4.94. The summed E-state index contributed by atoms with van der Waals surface area (Å²) in [6.07, 6.45) is 1.07. The molecule has 0 atom stereocenters. The van der Waals surface area contributed by atoms with Crippen molar-refractivity contribution in [3.8, 4) is 0 Å². The molecule has 0 saturated carbocycles. The van der Waals surface area contributed by atoms with Crippen molar-refractivity contribution in [1.29, 1.82) is 0 Å². The van der Waals surface area contributed by atoms with Gasteiger partial charge in [0, 0.05) is 18.4 Å². The highest BCUT2D eigenvalue weighted by molar-refractivity contribution is 5.82. The molecule has 0 aliphatic carbocycles. The predicted molar refractivity (Wildman–Crippen MR) is 117 cm³/mol. The quantitative estimate of drug-likeness (QED) is 0.571. The van der Waals surface area contributed by atoms with Gasteiger partial charge >= 0.3 is 0 Å². The van der Waals surface area contributed by atoms with E-state index in [1.54, 1.807) is 4.90 Å². The van der Waals surface area contributed by atoms with Crippen LogP contribution >= 0.6 is 0 Å². The lowest BCUT2D eigenvalue weighted by Crippen LogP contribution is -3.14. The Morgan fingerprint density at radius 1 is 1.10 bits per heavy atom. The SMILES string of the molecule is CC(C)(C)c1nc(NCCC[NH+]2CCOCC2)c2nnn(Cc3ccccc3)c2n1. The van der Waals surface area contributed by atoms with E-state index in [1.807, 2.05) is 22.9 Å². The molecule has 0 bridgehead atoms. The molecule has 3 heterocycles. The number of benzene rings is 1. The van der Waals surface area contributed by atoms with Crippen LogP contribution in [0.3, 0.4) is 0 Å². The summed E-state index contributed by atoms with van der Waals surface area (Å²) < 4.78 is 7.31. The number of quaternary nitrogens is 1. The van der Waals surface area contributed by atoms with E-state index in [1.165, 1.54) is 5.56 Å². The maximum Gasteiger partial charge on any atom is 0.184 e. The lowest BCUT2D eigenvalue weighted by atomic mass is 9.96. The summed E-state index contributed by atoms with van der Waals surface area (Å²) >= 11 is 0. The molecule has 2 aromatic heterocycles. The molecule has 0 amide bonds. The maximum absolute atomic E-state index is 5.44. The van der Waals surface area contributed by atoms with Crippen LogP contribution in [0.25, 0.3) is 11.2 Å². The van der Waals surface area contributed by atoms with Gasteiger partial charge in [0.2, 0.25) is 0 Å². The Hall–Kier alpha value is -2.58. The first-order chi connectivity index (χ1) is 14.5. The van der Waals surface area contributed by atoms with Crippen molar-refractivity contribution in [3.05, 3.63) is 41.7 Å². The van der Waals surface area contributed by atoms with Gasteiger partial charge in [-0.25, -0.2) is 14.6 Å². The molecule has 8 nitrogen and oxygen atoms in total. The number of fused-ring (bicyclic) bond motifs is 1. The zero-order chi connectivity index (χ0) is 21.0. The number of nitrogens with zero attached hydrogens (tertiary/aromatic N) is 5. The Balaban J connectivity index is 1.53. The van der Waals surface area contributed by atoms with Gasteiger partial charge in [-0.15, -0.1) is 5.10 Å². The lowest BCUT2D eigenvalue weighted by molar-refractivity contribution is -0.908. The molecule has 0 radical (unpaired) electrons. The van der Waals surface area contributed by atoms with Crippen molar-refractivity contribution < 1.29 is 9.64 Å². The van der Waals surface area contributed by atoms with Gasteiger partial charge in [0.15, 0.2) is 17.0 Å². The number of aromatic nitrogens is 5. The molecule has 8 heteroatoms. The number of nitrogens with one attached hydrogen (secondary N) is 2. The number of hydrogen-bond acceptors (Lipinski definition) is 6. The summed E-state index contributed by atoms with van der Waals surface area (Å²) in [5.74, 6) is 1.58. The van der Waals surface area contributed by atoms with E-state index >= 15 is 0 Å². The zero-order valence-electron chi connectivity index (χ0n) is 18.2. The Morgan fingerprint density at radius 2 is 1.87 bits per heavy atom. The minimum absolute atomic E-state index is 0.162. The van der Waals surface area contributed by atoms with Gasteiger partial charge in [0.25, 0.3) is 0 Å². The molecule has 3 aromatic rings. The summed E-state index contributed by atoms with van der Waals surface area (Å²) in [5.41, 5.74) is 2.52. The normalized spacial score (nSPS) is 15.6. The zero-order valence-corrected chi connectivity index (χ0v) is 18.2. The molecule has 1 aliphatic rings. The van der Waals surface area contributed by atoms with Crippen LogP contribution in [0.2, 0.25) is 0 Å². The van der Waals surface area contributed by atoms with Crippen LogP contribution in [0.4, 0.5) is 5.82 Å². The fraction of sp³-hybridized carbons (Fsp3) is 0.545. The summed E-state index contributed by atoms with van der Waals surface area (Å²) in [6, 6.07) is 10.3. The summed E-state index contributed by atoms with van der Waals surface area (Å²) in [6.45, 7) is 12.9. The smallest absolute Gasteiger partial charge is 0.184 e.